The summed E-state index contributed by atoms with van der Waals surface area (Å²) < 4.78 is 5.48. The number of hydrogen-bond donors (Lipinski definition) is 2. The van der Waals surface area contributed by atoms with E-state index in [0.29, 0.717) is 6.61 Å². The number of aliphatic carboxylic acids is 1. The standard InChI is InChI=1S/C14H22N2O3/c1-5-19-11-7-6-10(8-9(11)2)13(16(3)4)12(15)14(17)18/h6-8,12-13H,5,15H2,1-4H3,(H,17,18). The predicted octanol–water partition coefficient (Wildman–Crippen LogP) is 1.41. The Morgan fingerprint density at radius 3 is 2.53 bits per heavy atom. The fourth-order valence-electron chi connectivity index (χ4n) is 2.14. The van der Waals surface area contributed by atoms with Crippen LogP contribution in [0.3, 0.4) is 0 Å². The van der Waals surface area contributed by atoms with Gasteiger partial charge in [0.25, 0.3) is 0 Å². The quantitative estimate of drug-likeness (QED) is 0.814. The van der Waals surface area contributed by atoms with Crippen molar-refractivity contribution < 1.29 is 14.6 Å². The first-order chi connectivity index (χ1) is 8.88. The topological polar surface area (TPSA) is 75.8 Å². The Hall–Kier alpha value is -1.59. The van der Waals surface area contributed by atoms with E-state index in [1.54, 1.807) is 0 Å². The summed E-state index contributed by atoms with van der Waals surface area (Å²) in [6, 6.07) is 4.32. The SMILES string of the molecule is CCOc1ccc(C(C(N)C(=O)O)N(C)C)cc1C. The van der Waals surface area contributed by atoms with Crippen molar-refractivity contribution in [2.24, 2.45) is 5.73 Å². The Morgan fingerprint density at radius 1 is 1.47 bits per heavy atom. The minimum atomic E-state index is -1.01. The van der Waals surface area contributed by atoms with Crippen molar-refractivity contribution in [2.75, 3.05) is 20.7 Å². The number of ether oxygens (including phenoxy) is 1. The molecule has 0 aromatic heterocycles. The lowest BCUT2D eigenvalue weighted by molar-refractivity contribution is -0.140. The molecule has 1 aromatic rings. The van der Waals surface area contributed by atoms with Crippen molar-refractivity contribution in [3.05, 3.63) is 29.3 Å². The molecule has 5 heteroatoms. The molecular weight excluding hydrogens is 244 g/mol. The molecular formula is C14H22N2O3. The van der Waals surface area contributed by atoms with Crippen molar-refractivity contribution in [3.63, 3.8) is 0 Å². The molecule has 0 aliphatic heterocycles. The molecule has 5 nitrogen and oxygen atoms in total. The third-order valence-electron chi connectivity index (χ3n) is 3.02. The summed E-state index contributed by atoms with van der Waals surface area (Å²) >= 11 is 0. The highest BCUT2D eigenvalue weighted by Crippen LogP contribution is 2.27. The van der Waals surface area contributed by atoms with E-state index < -0.39 is 12.0 Å². The van der Waals surface area contributed by atoms with Gasteiger partial charge in [0.1, 0.15) is 11.8 Å². The van der Waals surface area contributed by atoms with Gasteiger partial charge in [-0.2, -0.15) is 0 Å². The van der Waals surface area contributed by atoms with Gasteiger partial charge >= 0.3 is 5.97 Å². The molecule has 0 saturated heterocycles. The van der Waals surface area contributed by atoms with Crippen LogP contribution in [-0.2, 0) is 4.79 Å². The molecule has 2 atom stereocenters. The fraction of sp³-hybridized carbons (Fsp3) is 0.500. The number of nitrogens with two attached hydrogens (primary N) is 1. The van der Waals surface area contributed by atoms with E-state index in [1.807, 2.05) is 51.0 Å². The summed E-state index contributed by atoms with van der Waals surface area (Å²) in [7, 11) is 3.64. The smallest absolute Gasteiger partial charge is 0.322 e. The van der Waals surface area contributed by atoms with E-state index >= 15 is 0 Å². The second kappa shape index (κ2) is 6.54. The summed E-state index contributed by atoms with van der Waals surface area (Å²) in [4.78, 5) is 12.9. The van der Waals surface area contributed by atoms with Gasteiger partial charge < -0.3 is 20.5 Å². The first-order valence-corrected chi connectivity index (χ1v) is 6.26. The maximum atomic E-state index is 11.1. The lowest BCUT2D eigenvalue weighted by Crippen LogP contribution is -2.43. The Kier molecular flexibility index (Phi) is 5.32. The van der Waals surface area contributed by atoms with Gasteiger partial charge in [-0.05, 0) is 45.1 Å². The molecule has 0 aliphatic carbocycles. The minimum Gasteiger partial charge on any atom is -0.494 e. The maximum absolute atomic E-state index is 11.1. The second-order valence-electron chi connectivity index (χ2n) is 4.73. The number of nitrogens with zero attached hydrogens (tertiary/aromatic N) is 1. The average molecular weight is 266 g/mol. The summed E-state index contributed by atoms with van der Waals surface area (Å²) in [6.07, 6.45) is 0. The number of carboxylic acid groups (broad SMARTS) is 1. The third kappa shape index (κ3) is 3.68. The monoisotopic (exact) mass is 266 g/mol. The first-order valence-electron chi connectivity index (χ1n) is 6.26. The highest BCUT2D eigenvalue weighted by molar-refractivity contribution is 5.74. The van der Waals surface area contributed by atoms with Gasteiger partial charge in [0.15, 0.2) is 0 Å². The molecule has 0 saturated carbocycles. The molecule has 0 spiro atoms. The van der Waals surface area contributed by atoms with Crippen LogP contribution in [0.4, 0.5) is 0 Å². The highest BCUT2D eigenvalue weighted by atomic mass is 16.5. The zero-order valence-corrected chi connectivity index (χ0v) is 11.9. The molecule has 3 N–H and O–H groups in total. The van der Waals surface area contributed by atoms with Crippen molar-refractivity contribution in [1.82, 2.24) is 4.90 Å². The van der Waals surface area contributed by atoms with E-state index in [0.717, 1.165) is 16.9 Å². The number of hydrogen-bond acceptors (Lipinski definition) is 4. The third-order valence-corrected chi connectivity index (χ3v) is 3.02. The Bertz CT molecular complexity index is 446. The van der Waals surface area contributed by atoms with Crippen LogP contribution in [0, 0.1) is 6.92 Å². The fourth-order valence-corrected chi connectivity index (χ4v) is 2.14. The van der Waals surface area contributed by atoms with Gasteiger partial charge in [-0.25, -0.2) is 0 Å². The van der Waals surface area contributed by atoms with Gasteiger partial charge in [0.2, 0.25) is 0 Å². The van der Waals surface area contributed by atoms with Crippen molar-refractivity contribution >= 4 is 5.97 Å². The molecule has 106 valence electrons. The Morgan fingerprint density at radius 2 is 2.11 bits per heavy atom. The van der Waals surface area contributed by atoms with Crippen LogP contribution in [0.2, 0.25) is 0 Å². The van der Waals surface area contributed by atoms with Crippen LogP contribution in [0.1, 0.15) is 24.1 Å². The van der Waals surface area contributed by atoms with Crippen molar-refractivity contribution in [2.45, 2.75) is 25.9 Å². The summed E-state index contributed by atoms with van der Waals surface area (Å²) in [5, 5.41) is 9.09. The Labute approximate surface area is 114 Å². The lowest BCUT2D eigenvalue weighted by atomic mass is 9.97. The van der Waals surface area contributed by atoms with Crippen LogP contribution in [-0.4, -0.2) is 42.7 Å². The van der Waals surface area contributed by atoms with Crippen LogP contribution in [0.25, 0.3) is 0 Å². The van der Waals surface area contributed by atoms with Gasteiger partial charge in [0.05, 0.1) is 12.6 Å². The van der Waals surface area contributed by atoms with Crippen molar-refractivity contribution in [3.8, 4) is 5.75 Å². The molecule has 0 fully saturated rings. The van der Waals surface area contributed by atoms with Gasteiger partial charge in [-0.3, -0.25) is 4.79 Å². The second-order valence-corrected chi connectivity index (χ2v) is 4.73. The van der Waals surface area contributed by atoms with E-state index in [9.17, 15) is 4.79 Å². The molecule has 19 heavy (non-hydrogen) atoms. The van der Waals surface area contributed by atoms with E-state index in [4.69, 9.17) is 15.6 Å². The van der Waals surface area contributed by atoms with Gasteiger partial charge in [-0.15, -0.1) is 0 Å². The van der Waals surface area contributed by atoms with Crippen LogP contribution < -0.4 is 10.5 Å². The number of benzene rings is 1. The minimum absolute atomic E-state index is 0.369. The zero-order valence-electron chi connectivity index (χ0n) is 11.9. The van der Waals surface area contributed by atoms with Gasteiger partial charge in [0, 0.05) is 0 Å². The number of likely N-dealkylation sites (N-methyl/N-ethyl adjacent to an activating group) is 1. The van der Waals surface area contributed by atoms with E-state index in [1.165, 1.54) is 0 Å². The number of carbonyl (C=O) groups is 1. The molecule has 0 aliphatic rings. The summed E-state index contributed by atoms with van der Waals surface area (Å²) in [5.74, 6) is -0.196. The summed E-state index contributed by atoms with van der Waals surface area (Å²) in [5.41, 5.74) is 7.62. The average Bonchev–Trinajstić information content (AvgIpc) is 2.32. The lowest BCUT2D eigenvalue weighted by Gasteiger charge is -2.28. The Balaban J connectivity index is 3.10. The van der Waals surface area contributed by atoms with Crippen LogP contribution in [0.5, 0.6) is 5.75 Å². The largest absolute Gasteiger partial charge is 0.494 e. The predicted molar refractivity (Wildman–Crippen MR) is 74.4 cm³/mol. The zero-order chi connectivity index (χ0) is 14.6. The van der Waals surface area contributed by atoms with Crippen molar-refractivity contribution in [1.29, 1.82) is 0 Å². The normalized spacial score (nSPS) is 14.2. The highest BCUT2D eigenvalue weighted by Gasteiger charge is 2.27. The van der Waals surface area contributed by atoms with Gasteiger partial charge in [-0.1, -0.05) is 12.1 Å². The van der Waals surface area contributed by atoms with E-state index in [2.05, 4.69) is 0 Å². The van der Waals surface area contributed by atoms with Crippen LogP contribution >= 0.6 is 0 Å². The number of carboxylic acids is 1. The number of rotatable bonds is 6. The molecule has 0 radical (unpaired) electrons. The van der Waals surface area contributed by atoms with Crippen LogP contribution in [0.15, 0.2) is 18.2 Å². The first kappa shape index (κ1) is 15.5. The molecule has 0 heterocycles. The number of aryl methyl sites for hydroxylation is 1. The molecule has 0 amide bonds. The summed E-state index contributed by atoms with van der Waals surface area (Å²) in [6.45, 7) is 4.47. The molecule has 0 bridgehead atoms. The molecule has 2 unspecified atom stereocenters. The van der Waals surface area contributed by atoms with E-state index in [-0.39, 0.29) is 6.04 Å². The molecule has 1 aromatic carbocycles. The maximum Gasteiger partial charge on any atom is 0.322 e. The molecule has 1 rings (SSSR count).